The highest BCUT2D eigenvalue weighted by Crippen LogP contribution is 2.20. The van der Waals surface area contributed by atoms with Crippen LogP contribution in [0.2, 0.25) is 0 Å². The van der Waals surface area contributed by atoms with Crippen LogP contribution in [0.3, 0.4) is 0 Å². The normalized spacial score (nSPS) is 19.0. The number of β-amino-alcohol motifs (C(OH)–C–C–N with tert-alkyl or cyclic N) is 1. The molecule has 0 spiro atoms. The molecule has 1 saturated heterocycles. The summed E-state index contributed by atoms with van der Waals surface area (Å²) in [5.74, 6) is 0.0893. The first-order valence-corrected chi connectivity index (χ1v) is 10.1. The molecule has 2 atom stereocenters. The van der Waals surface area contributed by atoms with E-state index >= 15 is 0 Å². The zero-order chi connectivity index (χ0) is 19.8. The van der Waals surface area contributed by atoms with Gasteiger partial charge in [0, 0.05) is 50.6 Å². The van der Waals surface area contributed by atoms with Gasteiger partial charge in [0.1, 0.15) is 6.33 Å². The van der Waals surface area contributed by atoms with Crippen LogP contribution < -0.4 is 0 Å². The highest BCUT2D eigenvalue weighted by Gasteiger charge is 2.25. The van der Waals surface area contributed by atoms with Crippen molar-refractivity contribution in [1.29, 1.82) is 0 Å². The first-order valence-electron chi connectivity index (χ1n) is 10.1. The fourth-order valence-electron chi connectivity index (χ4n) is 3.99. The SMILES string of the molecule is CC(=O)N(Cc1cncnc1)[C@H]1CCCN(C[C@@H](O)Cc2ccccc2)CC1. The largest absolute Gasteiger partial charge is 0.391 e. The summed E-state index contributed by atoms with van der Waals surface area (Å²) in [6, 6.07) is 10.3. The van der Waals surface area contributed by atoms with Crippen molar-refractivity contribution in [3.05, 3.63) is 60.2 Å². The molecule has 0 unspecified atom stereocenters. The van der Waals surface area contributed by atoms with E-state index in [-0.39, 0.29) is 18.1 Å². The molecule has 2 heterocycles. The number of amides is 1. The van der Waals surface area contributed by atoms with Crippen LogP contribution in [0.25, 0.3) is 0 Å². The third-order valence-corrected chi connectivity index (χ3v) is 5.39. The van der Waals surface area contributed by atoms with Crippen LogP contribution >= 0.6 is 0 Å². The number of benzene rings is 1. The summed E-state index contributed by atoms with van der Waals surface area (Å²) in [6.07, 6.45) is 8.28. The Morgan fingerprint density at radius 1 is 1.18 bits per heavy atom. The average molecular weight is 383 g/mol. The van der Waals surface area contributed by atoms with Crippen LogP contribution in [0.4, 0.5) is 0 Å². The van der Waals surface area contributed by atoms with Gasteiger partial charge in [-0.25, -0.2) is 9.97 Å². The Labute approximate surface area is 167 Å². The molecule has 3 rings (SSSR count). The lowest BCUT2D eigenvalue weighted by molar-refractivity contribution is -0.132. The third kappa shape index (κ3) is 6.11. The average Bonchev–Trinajstić information content (AvgIpc) is 2.93. The van der Waals surface area contributed by atoms with Gasteiger partial charge in [0.05, 0.1) is 6.10 Å². The monoisotopic (exact) mass is 382 g/mol. The van der Waals surface area contributed by atoms with Crippen molar-refractivity contribution in [2.75, 3.05) is 19.6 Å². The van der Waals surface area contributed by atoms with E-state index in [9.17, 15) is 9.90 Å². The van der Waals surface area contributed by atoms with Crippen LogP contribution in [-0.4, -0.2) is 62.6 Å². The van der Waals surface area contributed by atoms with Crippen molar-refractivity contribution in [3.8, 4) is 0 Å². The lowest BCUT2D eigenvalue weighted by Gasteiger charge is -2.30. The molecule has 1 N–H and O–H groups in total. The van der Waals surface area contributed by atoms with E-state index in [1.165, 1.54) is 6.33 Å². The summed E-state index contributed by atoms with van der Waals surface area (Å²) in [7, 11) is 0. The van der Waals surface area contributed by atoms with Gasteiger partial charge in [0.2, 0.25) is 5.91 Å². The Bertz CT molecular complexity index is 726. The second-order valence-corrected chi connectivity index (χ2v) is 7.62. The van der Waals surface area contributed by atoms with Crippen molar-refractivity contribution in [1.82, 2.24) is 19.8 Å². The Balaban J connectivity index is 1.53. The molecule has 150 valence electrons. The number of carbonyl (C=O) groups excluding carboxylic acids is 1. The number of hydrogen-bond donors (Lipinski definition) is 1. The van der Waals surface area contributed by atoms with Crippen molar-refractivity contribution in [3.63, 3.8) is 0 Å². The molecule has 0 aliphatic carbocycles. The summed E-state index contributed by atoms with van der Waals surface area (Å²) in [5, 5.41) is 10.5. The molecule has 0 radical (unpaired) electrons. The van der Waals surface area contributed by atoms with E-state index in [2.05, 4.69) is 27.0 Å². The molecule has 1 amide bonds. The molecule has 1 aromatic carbocycles. The Morgan fingerprint density at radius 3 is 2.64 bits per heavy atom. The van der Waals surface area contributed by atoms with E-state index in [0.717, 1.165) is 43.5 Å². The number of carbonyl (C=O) groups is 1. The molecule has 28 heavy (non-hydrogen) atoms. The Kier molecular flexibility index (Phi) is 7.51. The van der Waals surface area contributed by atoms with Crippen molar-refractivity contribution < 1.29 is 9.90 Å². The molecular formula is C22H30N4O2. The van der Waals surface area contributed by atoms with Crippen molar-refractivity contribution in [2.24, 2.45) is 0 Å². The van der Waals surface area contributed by atoms with Gasteiger partial charge in [-0.05, 0) is 37.8 Å². The highest BCUT2D eigenvalue weighted by atomic mass is 16.3. The van der Waals surface area contributed by atoms with E-state index < -0.39 is 0 Å². The molecule has 0 bridgehead atoms. The van der Waals surface area contributed by atoms with E-state index in [4.69, 9.17) is 0 Å². The zero-order valence-electron chi connectivity index (χ0n) is 16.6. The fraction of sp³-hybridized carbons (Fsp3) is 0.500. The number of aliphatic hydroxyl groups is 1. The van der Waals surface area contributed by atoms with Gasteiger partial charge in [-0.2, -0.15) is 0 Å². The number of aromatic nitrogens is 2. The summed E-state index contributed by atoms with van der Waals surface area (Å²) in [4.78, 5) is 24.6. The van der Waals surface area contributed by atoms with Gasteiger partial charge in [-0.1, -0.05) is 30.3 Å². The smallest absolute Gasteiger partial charge is 0.219 e. The van der Waals surface area contributed by atoms with E-state index in [1.54, 1.807) is 19.3 Å². The quantitative estimate of drug-likeness (QED) is 0.796. The molecule has 6 heteroatoms. The molecule has 1 aliphatic rings. The lowest BCUT2D eigenvalue weighted by atomic mass is 10.1. The topological polar surface area (TPSA) is 69.6 Å². The number of rotatable bonds is 7. The number of aliphatic hydroxyl groups excluding tert-OH is 1. The standard InChI is InChI=1S/C22H30N4O2/c1-18(27)26(15-20-13-23-17-24-14-20)21-8-5-10-25(11-9-21)16-22(28)12-19-6-3-2-4-7-19/h2-4,6-7,13-14,17,21-22,28H,5,8-12,15-16H2,1H3/t21-,22-/m0/s1. The maximum Gasteiger partial charge on any atom is 0.219 e. The third-order valence-electron chi connectivity index (χ3n) is 5.39. The summed E-state index contributed by atoms with van der Waals surface area (Å²) in [5.41, 5.74) is 2.12. The molecule has 6 nitrogen and oxygen atoms in total. The Hall–Kier alpha value is -2.31. The van der Waals surface area contributed by atoms with Crippen LogP contribution in [0.5, 0.6) is 0 Å². The number of likely N-dealkylation sites (tertiary alicyclic amines) is 1. The minimum atomic E-state index is -0.371. The first-order chi connectivity index (χ1) is 13.6. The minimum Gasteiger partial charge on any atom is -0.391 e. The number of nitrogens with zero attached hydrogens (tertiary/aromatic N) is 4. The van der Waals surface area contributed by atoms with E-state index in [0.29, 0.717) is 19.5 Å². The van der Waals surface area contributed by atoms with Gasteiger partial charge in [-0.15, -0.1) is 0 Å². The van der Waals surface area contributed by atoms with Gasteiger partial charge in [-0.3, -0.25) is 4.79 Å². The predicted molar refractivity (Wildman–Crippen MR) is 108 cm³/mol. The van der Waals surface area contributed by atoms with Gasteiger partial charge < -0.3 is 14.9 Å². The number of hydrogen-bond acceptors (Lipinski definition) is 5. The van der Waals surface area contributed by atoms with Gasteiger partial charge in [0.25, 0.3) is 0 Å². The maximum atomic E-state index is 12.3. The molecule has 1 aliphatic heterocycles. The summed E-state index contributed by atoms with van der Waals surface area (Å²) >= 11 is 0. The molecular weight excluding hydrogens is 352 g/mol. The lowest BCUT2D eigenvalue weighted by Crippen LogP contribution is -2.39. The summed E-state index contributed by atoms with van der Waals surface area (Å²) < 4.78 is 0. The maximum absolute atomic E-state index is 12.3. The van der Waals surface area contributed by atoms with Gasteiger partial charge >= 0.3 is 0 Å². The fourth-order valence-corrected chi connectivity index (χ4v) is 3.99. The predicted octanol–water partition coefficient (Wildman–Crippen LogP) is 2.28. The first kappa shape index (κ1) is 20.4. The second-order valence-electron chi connectivity index (χ2n) is 7.62. The molecule has 2 aromatic rings. The highest BCUT2D eigenvalue weighted by molar-refractivity contribution is 5.73. The van der Waals surface area contributed by atoms with Crippen molar-refractivity contribution in [2.45, 2.75) is 51.3 Å². The van der Waals surface area contributed by atoms with Gasteiger partial charge in [0.15, 0.2) is 0 Å². The summed E-state index contributed by atoms with van der Waals surface area (Å²) in [6.45, 7) is 4.72. The van der Waals surface area contributed by atoms with Crippen LogP contribution in [0.15, 0.2) is 49.1 Å². The minimum absolute atomic E-state index is 0.0893. The van der Waals surface area contributed by atoms with E-state index in [1.807, 2.05) is 23.1 Å². The zero-order valence-corrected chi connectivity index (χ0v) is 16.6. The van der Waals surface area contributed by atoms with Crippen LogP contribution in [0, 0.1) is 0 Å². The molecule has 1 aromatic heterocycles. The van der Waals surface area contributed by atoms with Crippen LogP contribution in [-0.2, 0) is 17.8 Å². The second kappa shape index (κ2) is 10.3. The molecule has 0 saturated carbocycles. The molecule has 1 fully saturated rings. The Morgan fingerprint density at radius 2 is 1.93 bits per heavy atom. The van der Waals surface area contributed by atoms with Crippen LogP contribution in [0.1, 0.15) is 37.3 Å². The van der Waals surface area contributed by atoms with Crippen molar-refractivity contribution >= 4 is 5.91 Å².